The van der Waals surface area contributed by atoms with E-state index >= 15 is 0 Å². The van der Waals surface area contributed by atoms with Crippen molar-refractivity contribution < 1.29 is 9.59 Å². The third-order valence-corrected chi connectivity index (χ3v) is 3.17. The van der Waals surface area contributed by atoms with E-state index in [1.54, 1.807) is 11.9 Å². The maximum atomic E-state index is 11.8. The first-order chi connectivity index (χ1) is 9.50. The molecule has 0 spiro atoms. The van der Waals surface area contributed by atoms with Gasteiger partial charge in [0.05, 0.1) is 12.5 Å². The molecule has 4 N–H and O–H groups in total. The van der Waals surface area contributed by atoms with Crippen molar-refractivity contribution in [3.05, 3.63) is 35.9 Å². The molecule has 1 unspecified atom stereocenters. The quantitative estimate of drug-likeness (QED) is 0.684. The van der Waals surface area contributed by atoms with Crippen molar-refractivity contribution in [3.63, 3.8) is 0 Å². The summed E-state index contributed by atoms with van der Waals surface area (Å²) in [6.07, 6.45) is 2.80. The van der Waals surface area contributed by atoms with E-state index in [-0.39, 0.29) is 12.3 Å². The van der Waals surface area contributed by atoms with Crippen molar-refractivity contribution in [1.29, 1.82) is 0 Å². The number of hydrogen-bond acceptors (Lipinski definition) is 3. The predicted octanol–water partition coefficient (Wildman–Crippen LogP) is 0.670. The first-order valence-corrected chi connectivity index (χ1v) is 6.83. The molecule has 1 aromatic rings. The van der Waals surface area contributed by atoms with Crippen LogP contribution in [0.25, 0.3) is 0 Å². The zero-order chi connectivity index (χ0) is 15.0. The topological polar surface area (TPSA) is 89.4 Å². The SMILES string of the molecule is CN(CCCCc1ccccc1)C(=O)C(N)CC(N)=O. The largest absolute Gasteiger partial charge is 0.370 e. The van der Waals surface area contributed by atoms with Gasteiger partial charge in [-0.25, -0.2) is 0 Å². The van der Waals surface area contributed by atoms with Gasteiger partial charge in [0.25, 0.3) is 0 Å². The fourth-order valence-electron chi connectivity index (χ4n) is 2.02. The fraction of sp³-hybridized carbons (Fsp3) is 0.467. The van der Waals surface area contributed by atoms with Gasteiger partial charge in [-0.05, 0) is 24.8 Å². The number of unbranched alkanes of at least 4 members (excludes halogenated alkanes) is 1. The lowest BCUT2D eigenvalue weighted by atomic mass is 10.1. The molecule has 0 aliphatic heterocycles. The number of carbonyl (C=O) groups excluding carboxylic acids is 2. The third kappa shape index (κ3) is 5.84. The molecular formula is C15H23N3O2. The van der Waals surface area contributed by atoms with Gasteiger partial charge in [0.15, 0.2) is 0 Å². The van der Waals surface area contributed by atoms with Gasteiger partial charge in [-0.3, -0.25) is 9.59 Å². The summed E-state index contributed by atoms with van der Waals surface area (Å²) >= 11 is 0. The maximum Gasteiger partial charge on any atom is 0.239 e. The number of primary amides is 1. The zero-order valence-corrected chi connectivity index (χ0v) is 11.9. The van der Waals surface area contributed by atoms with E-state index in [1.807, 2.05) is 18.2 Å². The normalized spacial score (nSPS) is 11.9. The van der Waals surface area contributed by atoms with E-state index < -0.39 is 11.9 Å². The van der Waals surface area contributed by atoms with Crippen LogP contribution in [-0.2, 0) is 16.0 Å². The van der Waals surface area contributed by atoms with E-state index in [0.29, 0.717) is 6.54 Å². The molecule has 0 aromatic heterocycles. The lowest BCUT2D eigenvalue weighted by Gasteiger charge is -2.20. The van der Waals surface area contributed by atoms with Crippen molar-refractivity contribution in [2.45, 2.75) is 31.7 Å². The van der Waals surface area contributed by atoms with Crippen LogP contribution in [0.1, 0.15) is 24.8 Å². The van der Waals surface area contributed by atoms with E-state index in [9.17, 15) is 9.59 Å². The molecule has 2 amide bonds. The second kappa shape index (κ2) is 8.32. The Labute approximate surface area is 119 Å². The highest BCUT2D eigenvalue weighted by molar-refractivity contribution is 5.87. The smallest absolute Gasteiger partial charge is 0.239 e. The van der Waals surface area contributed by atoms with Gasteiger partial charge >= 0.3 is 0 Å². The van der Waals surface area contributed by atoms with Crippen LogP contribution < -0.4 is 11.5 Å². The number of aryl methyl sites for hydroxylation is 1. The minimum absolute atomic E-state index is 0.104. The first kappa shape index (κ1) is 16.2. The Kier molecular flexibility index (Phi) is 6.73. The highest BCUT2D eigenvalue weighted by Gasteiger charge is 2.19. The second-order valence-corrected chi connectivity index (χ2v) is 4.98. The van der Waals surface area contributed by atoms with Crippen LogP contribution in [-0.4, -0.2) is 36.3 Å². The molecule has 0 aliphatic carbocycles. The minimum Gasteiger partial charge on any atom is -0.370 e. The van der Waals surface area contributed by atoms with E-state index in [2.05, 4.69) is 12.1 Å². The molecule has 110 valence electrons. The van der Waals surface area contributed by atoms with Gasteiger partial charge in [-0.15, -0.1) is 0 Å². The number of nitrogens with zero attached hydrogens (tertiary/aromatic N) is 1. The number of carbonyl (C=O) groups is 2. The van der Waals surface area contributed by atoms with Gasteiger partial charge in [-0.2, -0.15) is 0 Å². The Balaban J connectivity index is 2.24. The number of nitrogens with two attached hydrogens (primary N) is 2. The average Bonchev–Trinajstić information content (AvgIpc) is 2.43. The van der Waals surface area contributed by atoms with E-state index in [1.165, 1.54) is 5.56 Å². The fourth-order valence-corrected chi connectivity index (χ4v) is 2.02. The number of likely N-dealkylation sites (N-methyl/N-ethyl adjacent to an activating group) is 1. The van der Waals surface area contributed by atoms with E-state index in [0.717, 1.165) is 19.3 Å². The monoisotopic (exact) mass is 277 g/mol. The van der Waals surface area contributed by atoms with Crippen LogP contribution >= 0.6 is 0 Å². The van der Waals surface area contributed by atoms with Gasteiger partial charge in [-0.1, -0.05) is 30.3 Å². The Morgan fingerprint density at radius 2 is 1.85 bits per heavy atom. The minimum atomic E-state index is -0.827. The summed E-state index contributed by atoms with van der Waals surface area (Å²) in [5.74, 6) is -0.785. The van der Waals surface area contributed by atoms with Crippen LogP contribution in [0.15, 0.2) is 30.3 Å². The zero-order valence-electron chi connectivity index (χ0n) is 11.9. The van der Waals surface area contributed by atoms with Crippen LogP contribution in [0, 0.1) is 0 Å². The molecule has 1 rings (SSSR count). The summed E-state index contributed by atoms with van der Waals surface area (Å²) in [4.78, 5) is 24.1. The molecule has 1 aromatic carbocycles. The number of hydrogen-bond donors (Lipinski definition) is 2. The Morgan fingerprint density at radius 3 is 2.45 bits per heavy atom. The van der Waals surface area contributed by atoms with Crippen LogP contribution in [0.5, 0.6) is 0 Å². The number of amides is 2. The molecule has 1 atom stereocenters. The van der Waals surface area contributed by atoms with Crippen molar-refractivity contribution in [1.82, 2.24) is 4.90 Å². The molecule has 0 bridgehead atoms. The average molecular weight is 277 g/mol. The molecule has 0 aliphatic rings. The van der Waals surface area contributed by atoms with Crippen molar-refractivity contribution in [2.75, 3.05) is 13.6 Å². The van der Waals surface area contributed by atoms with Gasteiger partial charge < -0.3 is 16.4 Å². The first-order valence-electron chi connectivity index (χ1n) is 6.83. The highest BCUT2D eigenvalue weighted by Crippen LogP contribution is 2.05. The molecular weight excluding hydrogens is 254 g/mol. The maximum absolute atomic E-state index is 11.8. The molecule has 0 saturated heterocycles. The molecule has 0 saturated carbocycles. The Bertz CT molecular complexity index is 434. The Morgan fingerprint density at radius 1 is 1.20 bits per heavy atom. The van der Waals surface area contributed by atoms with Gasteiger partial charge in [0.1, 0.15) is 0 Å². The number of benzene rings is 1. The van der Waals surface area contributed by atoms with Crippen molar-refractivity contribution >= 4 is 11.8 Å². The highest BCUT2D eigenvalue weighted by atomic mass is 16.2. The second-order valence-electron chi connectivity index (χ2n) is 4.98. The predicted molar refractivity (Wildman–Crippen MR) is 78.8 cm³/mol. The van der Waals surface area contributed by atoms with Crippen molar-refractivity contribution in [3.8, 4) is 0 Å². The summed E-state index contributed by atoms with van der Waals surface area (Å²) in [5, 5.41) is 0. The molecule has 0 heterocycles. The summed E-state index contributed by atoms with van der Waals surface area (Å²) in [7, 11) is 1.70. The third-order valence-electron chi connectivity index (χ3n) is 3.17. The van der Waals surface area contributed by atoms with Crippen molar-refractivity contribution in [2.24, 2.45) is 11.5 Å². The molecule has 5 heteroatoms. The summed E-state index contributed by atoms with van der Waals surface area (Å²) < 4.78 is 0. The Hall–Kier alpha value is -1.88. The van der Waals surface area contributed by atoms with Crippen LogP contribution in [0.3, 0.4) is 0 Å². The van der Waals surface area contributed by atoms with Crippen LogP contribution in [0.4, 0.5) is 0 Å². The summed E-state index contributed by atoms with van der Waals surface area (Å²) in [6, 6.07) is 9.40. The van der Waals surface area contributed by atoms with Gasteiger partial charge in [0, 0.05) is 13.6 Å². The molecule has 5 nitrogen and oxygen atoms in total. The van der Waals surface area contributed by atoms with Gasteiger partial charge in [0.2, 0.25) is 11.8 Å². The molecule has 0 radical (unpaired) electrons. The summed E-state index contributed by atoms with van der Waals surface area (Å²) in [5.41, 5.74) is 11.9. The lowest BCUT2D eigenvalue weighted by molar-refractivity contribution is -0.133. The molecule has 20 heavy (non-hydrogen) atoms. The standard InChI is InChI=1S/C15H23N3O2/c1-18(15(20)13(16)11-14(17)19)10-6-5-9-12-7-3-2-4-8-12/h2-4,7-8,13H,5-6,9-11,16H2,1H3,(H2,17,19). The summed E-state index contributed by atoms with van der Waals surface area (Å²) in [6.45, 7) is 0.637. The van der Waals surface area contributed by atoms with E-state index in [4.69, 9.17) is 11.5 Å². The lowest BCUT2D eigenvalue weighted by Crippen LogP contribution is -2.44. The van der Waals surface area contributed by atoms with Crippen LogP contribution in [0.2, 0.25) is 0 Å². The molecule has 0 fully saturated rings. The number of rotatable bonds is 8.